The number of thioether (sulfide) groups is 1. The molecule has 0 aliphatic carbocycles. The minimum Gasteiger partial charge on any atom is -0.481 e. The van der Waals surface area contributed by atoms with Crippen LogP contribution in [0.3, 0.4) is 0 Å². The van der Waals surface area contributed by atoms with Gasteiger partial charge in [0.1, 0.15) is 0 Å². The maximum absolute atomic E-state index is 12.3. The first-order valence-electron chi connectivity index (χ1n) is 12.9. The van der Waals surface area contributed by atoms with Crippen molar-refractivity contribution in [3.05, 3.63) is 95.1 Å². The fourth-order valence-electron chi connectivity index (χ4n) is 4.36. The number of hydrogen-bond acceptors (Lipinski definition) is 7. The van der Waals surface area contributed by atoms with Gasteiger partial charge in [0.25, 0.3) is 0 Å². The third-order valence-corrected chi connectivity index (χ3v) is 7.60. The highest BCUT2D eigenvalue weighted by Crippen LogP contribution is 2.40. The number of benzene rings is 3. The molecule has 3 aromatic rings. The van der Waals surface area contributed by atoms with Gasteiger partial charge in [0.2, 0.25) is 5.91 Å². The summed E-state index contributed by atoms with van der Waals surface area (Å²) in [6.07, 6.45) is -0.540. The predicted molar refractivity (Wildman–Crippen MR) is 149 cm³/mol. The monoisotopic (exact) mass is 565 g/mol. The minimum absolute atomic E-state index is 0.0609. The van der Waals surface area contributed by atoms with Crippen LogP contribution in [0.15, 0.2) is 77.7 Å². The zero-order chi connectivity index (χ0) is 28.5. The Morgan fingerprint density at radius 2 is 1.68 bits per heavy atom. The number of nitrogens with one attached hydrogen (secondary N) is 1. The Hall–Kier alpha value is -3.70. The molecule has 40 heavy (non-hydrogen) atoms. The summed E-state index contributed by atoms with van der Waals surface area (Å²) in [5.74, 6) is -1.72. The lowest BCUT2D eigenvalue weighted by Gasteiger charge is -2.36. The van der Waals surface area contributed by atoms with Crippen LogP contribution in [-0.4, -0.2) is 45.0 Å². The van der Waals surface area contributed by atoms with Crippen LogP contribution in [0.5, 0.6) is 0 Å². The van der Waals surface area contributed by atoms with Crippen LogP contribution in [-0.2, 0) is 25.7 Å². The lowest BCUT2D eigenvalue weighted by atomic mass is 10.0. The molecule has 1 saturated heterocycles. The van der Waals surface area contributed by atoms with Crippen LogP contribution in [0.1, 0.15) is 65.1 Å². The maximum atomic E-state index is 12.3. The molecule has 1 aliphatic rings. The molecule has 0 aromatic heterocycles. The Bertz CT molecular complexity index is 1330. The summed E-state index contributed by atoms with van der Waals surface area (Å²) in [4.78, 5) is 35.3. The standard InChI is InChI=1S/C30H31NO8S/c32-17-19-11-13-20(14-12-19)25-16-23(18-40-26-8-2-1-7-24(26)29(36)37)38-30(39-25)21-5-3-6-22(15-21)31-27(33)9-4-10-28(34)35/h1-3,5-8,11-15,23,25,30,32H,4,9-10,16-18H2,(H,31,33)(H,34,35)(H,36,37)/t23-,25+,30+/m0/s1. The molecular weight excluding hydrogens is 534 g/mol. The summed E-state index contributed by atoms with van der Waals surface area (Å²) >= 11 is 1.41. The zero-order valence-corrected chi connectivity index (χ0v) is 22.5. The Balaban J connectivity index is 1.51. The summed E-state index contributed by atoms with van der Waals surface area (Å²) in [6, 6.07) is 21.5. The highest BCUT2D eigenvalue weighted by molar-refractivity contribution is 7.99. The molecule has 0 bridgehead atoms. The van der Waals surface area contributed by atoms with Gasteiger partial charge in [-0.15, -0.1) is 11.8 Å². The zero-order valence-electron chi connectivity index (χ0n) is 21.7. The van der Waals surface area contributed by atoms with Crippen molar-refractivity contribution >= 4 is 35.3 Å². The lowest BCUT2D eigenvalue weighted by Crippen LogP contribution is -2.31. The van der Waals surface area contributed by atoms with E-state index in [1.54, 1.807) is 42.5 Å². The number of aliphatic hydroxyl groups excluding tert-OH is 1. The lowest BCUT2D eigenvalue weighted by molar-refractivity contribution is -0.245. The Labute approximate surface area is 236 Å². The van der Waals surface area contributed by atoms with Gasteiger partial charge < -0.3 is 30.1 Å². The first-order valence-corrected chi connectivity index (χ1v) is 13.9. The van der Waals surface area contributed by atoms with Gasteiger partial charge in [0.05, 0.1) is 24.4 Å². The molecule has 4 rings (SSSR count). The van der Waals surface area contributed by atoms with Crippen LogP contribution >= 0.6 is 11.8 Å². The topological polar surface area (TPSA) is 142 Å². The van der Waals surface area contributed by atoms with Crippen molar-refractivity contribution in [2.75, 3.05) is 11.1 Å². The predicted octanol–water partition coefficient (Wildman–Crippen LogP) is 5.41. The van der Waals surface area contributed by atoms with Crippen LogP contribution in [0.25, 0.3) is 0 Å². The summed E-state index contributed by atoms with van der Waals surface area (Å²) in [7, 11) is 0. The molecule has 0 saturated carbocycles. The second kappa shape index (κ2) is 14.1. The van der Waals surface area contributed by atoms with Gasteiger partial charge in [-0.25, -0.2) is 4.79 Å². The molecule has 0 radical (unpaired) electrons. The van der Waals surface area contributed by atoms with E-state index >= 15 is 0 Å². The molecule has 0 spiro atoms. The molecule has 0 unspecified atom stereocenters. The molecule has 3 atom stereocenters. The Morgan fingerprint density at radius 1 is 0.900 bits per heavy atom. The van der Waals surface area contributed by atoms with Gasteiger partial charge in [0, 0.05) is 41.2 Å². The second-order valence-electron chi connectivity index (χ2n) is 9.38. The summed E-state index contributed by atoms with van der Waals surface area (Å²) in [6.45, 7) is -0.0609. The Morgan fingerprint density at radius 3 is 2.40 bits per heavy atom. The van der Waals surface area contributed by atoms with E-state index in [0.717, 1.165) is 11.1 Å². The van der Waals surface area contributed by atoms with Crippen molar-refractivity contribution in [3.63, 3.8) is 0 Å². The molecular formula is C30H31NO8S. The van der Waals surface area contributed by atoms with Gasteiger partial charge >= 0.3 is 11.9 Å². The van der Waals surface area contributed by atoms with E-state index < -0.39 is 18.2 Å². The van der Waals surface area contributed by atoms with E-state index in [4.69, 9.17) is 14.6 Å². The summed E-state index contributed by atoms with van der Waals surface area (Å²) in [5.41, 5.74) is 3.19. The smallest absolute Gasteiger partial charge is 0.336 e. The van der Waals surface area contributed by atoms with E-state index in [1.807, 2.05) is 30.3 Å². The third kappa shape index (κ3) is 8.15. The van der Waals surface area contributed by atoms with Gasteiger partial charge in [-0.05, 0) is 41.8 Å². The van der Waals surface area contributed by atoms with E-state index in [9.17, 15) is 24.6 Å². The number of ether oxygens (including phenoxy) is 2. The average Bonchev–Trinajstić information content (AvgIpc) is 2.96. The van der Waals surface area contributed by atoms with Crippen molar-refractivity contribution < 1.29 is 39.2 Å². The number of hydrogen-bond donors (Lipinski definition) is 4. The molecule has 1 aliphatic heterocycles. The first kappa shape index (κ1) is 29.3. The number of aromatic carboxylic acids is 1. The van der Waals surface area contributed by atoms with E-state index in [2.05, 4.69) is 5.32 Å². The SMILES string of the molecule is O=C(O)CCCC(=O)Nc1cccc([C@@H]2O[C@H](CSc3ccccc3C(=O)O)C[C@H](c3ccc(CO)cc3)O2)c1. The van der Waals surface area contributed by atoms with Crippen LogP contribution in [0, 0.1) is 0 Å². The number of aliphatic hydroxyl groups is 1. The van der Waals surface area contributed by atoms with E-state index in [0.29, 0.717) is 28.3 Å². The van der Waals surface area contributed by atoms with E-state index in [1.165, 1.54) is 11.8 Å². The molecule has 1 amide bonds. The fourth-order valence-corrected chi connectivity index (χ4v) is 5.43. The minimum atomic E-state index is -0.988. The van der Waals surface area contributed by atoms with Crippen LogP contribution in [0.2, 0.25) is 0 Å². The normalized spacial score (nSPS) is 18.7. The van der Waals surface area contributed by atoms with Gasteiger partial charge in [-0.3, -0.25) is 9.59 Å². The van der Waals surface area contributed by atoms with Gasteiger partial charge in [0.15, 0.2) is 6.29 Å². The third-order valence-electron chi connectivity index (χ3n) is 6.39. The number of carbonyl (C=O) groups is 3. The number of amides is 1. The molecule has 1 fully saturated rings. The molecule has 210 valence electrons. The maximum Gasteiger partial charge on any atom is 0.336 e. The van der Waals surface area contributed by atoms with Crippen LogP contribution in [0.4, 0.5) is 5.69 Å². The van der Waals surface area contributed by atoms with Crippen molar-refractivity contribution in [2.24, 2.45) is 0 Å². The van der Waals surface area contributed by atoms with Crippen molar-refractivity contribution in [1.82, 2.24) is 0 Å². The molecule has 4 N–H and O–H groups in total. The number of anilines is 1. The van der Waals surface area contributed by atoms with E-state index in [-0.39, 0.29) is 49.5 Å². The number of carboxylic acids is 2. The summed E-state index contributed by atoms with van der Waals surface area (Å²) in [5, 5.41) is 30.6. The molecule has 1 heterocycles. The number of carboxylic acid groups (broad SMARTS) is 2. The molecule has 9 nitrogen and oxygen atoms in total. The number of carbonyl (C=O) groups excluding carboxylic acids is 1. The fraction of sp³-hybridized carbons (Fsp3) is 0.300. The Kier molecular flexibility index (Phi) is 10.3. The van der Waals surface area contributed by atoms with Crippen molar-refractivity contribution in [2.45, 2.75) is 55.7 Å². The highest BCUT2D eigenvalue weighted by atomic mass is 32.2. The second-order valence-corrected chi connectivity index (χ2v) is 10.4. The average molecular weight is 566 g/mol. The van der Waals surface area contributed by atoms with Crippen LogP contribution < -0.4 is 5.32 Å². The number of rotatable bonds is 12. The summed E-state index contributed by atoms with van der Waals surface area (Å²) < 4.78 is 12.7. The van der Waals surface area contributed by atoms with Crippen molar-refractivity contribution in [3.8, 4) is 0 Å². The number of aliphatic carboxylic acids is 1. The largest absolute Gasteiger partial charge is 0.481 e. The quantitative estimate of drug-likeness (QED) is 0.212. The molecule has 10 heteroatoms. The van der Waals surface area contributed by atoms with Gasteiger partial charge in [-0.1, -0.05) is 48.5 Å². The van der Waals surface area contributed by atoms with Gasteiger partial charge in [-0.2, -0.15) is 0 Å². The first-order chi connectivity index (χ1) is 19.3. The van der Waals surface area contributed by atoms with Crippen molar-refractivity contribution in [1.29, 1.82) is 0 Å². The highest BCUT2D eigenvalue weighted by Gasteiger charge is 2.32. The molecule has 3 aromatic carbocycles.